The van der Waals surface area contributed by atoms with Crippen LogP contribution in [0.5, 0.6) is 0 Å². The number of fused-ring (bicyclic) bond motifs is 4. The number of benzene rings is 1. The lowest BCUT2D eigenvalue weighted by molar-refractivity contribution is 0.0932. The van der Waals surface area contributed by atoms with Gasteiger partial charge in [-0.1, -0.05) is 46.9 Å². The second-order valence-electron chi connectivity index (χ2n) is 8.32. The van der Waals surface area contributed by atoms with Crippen molar-refractivity contribution in [2.24, 2.45) is 5.92 Å². The van der Waals surface area contributed by atoms with Crippen molar-refractivity contribution in [1.82, 2.24) is 20.1 Å². The molecular weight excluding hydrogens is 525 g/mol. The number of alkyl halides is 3. The first-order valence-electron chi connectivity index (χ1n) is 10.4. The monoisotopic (exact) mass is 544 g/mol. The van der Waals surface area contributed by atoms with E-state index < -0.39 is 15.9 Å². The minimum absolute atomic E-state index is 0.00861. The number of rotatable bonds is 4. The fourth-order valence-corrected chi connectivity index (χ4v) is 5.05. The van der Waals surface area contributed by atoms with Gasteiger partial charge in [-0.2, -0.15) is 0 Å². The first-order chi connectivity index (χ1) is 16.0. The number of anilines is 1. The Morgan fingerprint density at radius 2 is 1.91 bits per heavy atom. The van der Waals surface area contributed by atoms with E-state index in [1.165, 1.54) is 24.3 Å². The molecule has 0 saturated carbocycles. The lowest BCUT2D eigenvalue weighted by Gasteiger charge is -2.44. The van der Waals surface area contributed by atoms with Crippen LogP contribution in [0, 0.1) is 11.1 Å². The number of carbonyl (C=O) groups is 1. The summed E-state index contributed by atoms with van der Waals surface area (Å²) in [5.74, 6) is -0.291. The Bertz CT molecular complexity index is 1160. The van der Waals surface area contributed by atoms with Crippen LogP contribution in [0.25, 0.3) is 0 Å². The molecule has 1 unspecified atom stereocenters. The summed E-state index contributed by atoms with van der Waals surface area (Å²) in [6.07, 6.45) is -0.235. The summed E-state index contributed by atoms with van der Waals surface area (Å²) >= 11 is 23.9. The highest BCUT2D eigenvalue weighted by Gasteiger charge is 2.39. The highest BCUT2D eigenvalue weighted by Crippen LogP contribution is 2.35. The lowest BCUT2D eigenvalue weighted by Crippen LogP contribution is -2.60. The van der Waals surface area contributed by atoms with Crippen LogP contribution in [-0.4, -0.2) is 48.7 Å². The summed E-state index contributed by atoms with van der Waals surface area (Å²) in [5, 5.41) is 25.7. The zero-order valence-electron chi connectivity index (χ0n) is 17.7. The highest BCUT2D eigenvalue weighted by molar-refractivity contribution is 7.80. The van der Waals surface area contributed by atoms with Gasteiger partial charge in [-0.25, -0.2) is 0 Å². The van der Waals surface area contributed by atoms with Crippen LogP contribution in [0.1, 0.15) is 28.4 Å². The molecule has 1 fully saturated rings. The second-order valence-corrected chi connectivity index (χ2v) is 11.1. The minimum Gasteiger partial charge on any atom is -0.733 e. The Kier molecular flexibility index (Phi) is 7.28. The van der Waals surface area contributed by atoms with Gasteiger partial charge in [0.15, 0.2) is 5.11 Å². The van der Waals surface area contributed by atoms with Crippen LogP contribution < -0.4 is 21.4 Å². The Morgan fingerprint density at radius 3 is 2.62 bits per heavy atom. The van der Waals surface area contributed by atoms with Gasteiger partial charge in [0, 0.05) is 42.9 Å². The van der Waals surface area contributed by atoms with Crippen molar-refractivity contribution < 1.29 is 10.0 Å². The van der Waals surface area contributed by atoms with Crippen LogP contribution >= 0.6 is 47.0 Å². The predicted octanol–water partition coefficient (Wildman–Crippen LogP) is 2.96. The molecule has 2 aromatic rings. The van der Waals surface area contributed by atoms with E-state index in [0.29, 0.717) is 24.7 Å². The number of nitrogens with one attached hydrogen (secondary N) is 2. The second kappa shape index (κ2) is 9.88. The molecule has 0 radical (unpaired) electrons. The van der Waals surface area contributed by atoms with E-state index in [1.807, 2.05) is 15.5 Å². The molecule has 0 aliphatic carbocycles. The third kappa shape index (κ3) is 5.42. The number of halogens is 3. The number of thiocarbonyl (C=S) groups is 1. The van der Waals surface area contributed by atoms with Crippen LogP contribution in [0.3, 0.4) is 0 Å². The van der Waals surface area contributed by atoms with Crippen LogP contribution in [0.15, 0.2) is 47.3 Å². The van der Waals surface area contributed by atoms with Crippen LogP contribution in [-0.2, 0) is 6.54 Å². The van der Waals surface area contributed by atoms with Crippen LogP contribution in [0.4, 0.5) is 5.69 Å². The van der Waals surface area contributed by atoms with Crippen molar-refractivity contribution in [2.45, 2.75) is 28.8 Å². The Balaban J connectivity index is 1.47. The minimum atomic E-state index is -1.95. The number of pyridine rings is 1. The van der Waals surface area contributed by atoms with E-state index in [9.17, 15) is 14.8 Å². The molecule has 1 saturated heterocycles. The molecular formula is C21H21Cl3N5O4S-. The van der Waals surface area contributed by atoms with Gasteiger partial charge in [0.05, 0.1) is 5.69 Å². The number of amides is 1. The zero-order valence-corrected chi connectivity index (χ0v) is 20.7. The fraction of sp³-hybridized carbons (Fsp3) is 0.381. The smallest absolute Gasteiger partial charge is 0.253 e. The van der Waals surface area contributed by atoms with Crippen molar-refractivity contribution in [3.63, 3.8) is 0 Å². The largest absolute Gasteiger partial charge is 0.733 e. The molecule has 2 bridgehead atoms. The molecule has 3 N–H and O–H groups in total. The number of piperidine rings is 1. The molecule has 4 rings (SSSR count). The molecule has 13 heteroatoms. The molecule has 3 heterocycles. The first-order valence-corrected chi connectivity index (χ1v) is 12.0. The first kappa shape index (κ1) is 25.0. The maximum absolute atomic E-state index is 12.7. The molecule has 1 aromatic carbocycles. The molecule has 34 heavy (non-hydrogen) atoms. The normalized spacial score (nSPS) is 20.2. The number of hydrogen-bond acceptors (Lipinski definition) is 6. The third-order valence-electron chi connectivity index (χ3n) is 5.97. The van der Waals surface area contributed by atoms with Gasteiger partial charge in [-0.3, -0.25) is 14.8 Å². The van der Waals surface area contributed by atoms with Gasteiger partial charge in [0.1, 0.15) is 6.17 Å². The van der Waals surface area contributed by atoms with E-state index in [1.54, 1.807) is 12.1 Å². The summed E-state index contributed by atoms with van der Waals surface area (Å²) < 4.78 is -0.134. The summed E-state index contributed by atoms with van der Waals surface area (Å²) in [6.45, 7) is 1.79. The maximum Gasteiger partial charge on any atom is 0.253 e. The number of carbonyl (C=O) groups excluding carboxylic acids is 1. The van der Waals surface area contributed by atoms with E-state index in [4.69, 9.17) is 52.2 Å². The SMILES string of the molecule is O=C(NC(NC(=S)N1C[C@@H]2C[C@@H](C1)c1cccc(=O)n1C2)C(Cl)(Cl)Cl)c1cccc(N([O-])O)c1. The van der Waals surface area contributed by atoms with E-state index >= 15 is 0 Å². The van der Waals surface area contributed by atoms with Gasteiger partial charge in [-0.05, 0) is 48.8 Å². The Labute approximate surface area is 215 Å². The molecule has 2 aliphatic rings. The zero-order chi connectivity index (χ0) is 24.6. The van der Waals surface area contributed by atoms with Crippen molar-refractivity contribution in [3.05, 3.63) is 69.3 Å². The Morgan fingerprint density at radius 1 is 1.18 bits per heavy atom. The van der Waals surface area contributed by atoms with Crippen molar-refractivity contribution in [3.8, 4) is 0 Å². The molecule has 1 amide bonds. The highest BCUT2D eigenvalue weighted by atomic mass is 35.6. The Hall–Kier alpha value is -2.08. The van der Waals surface area contributed by atoms with Gasteiger partial charge < -0.3 is 30.5 Å². The summed E-state index contributed by atoms with van der Waals surface area (Å²) in [7, 11) is 0. The predicted molar refractivity (Wildman–Crippen MR) is 134 cm³/mol. The molecule has 2 aliphatic heterocycles. The summed E-state index contributed by atoms with van der Waals surface area (Å²) in [5.41, 5.74) is 0.916. The van der Waals surface area contributed by atoms with E-state index in [2.05, 4.69) is 10.6 Å². The molecule has 0 spiro atoms. The standard InChI is InChI=1S/C21H21Cl3N5O4S/c22-21(23,24)19(25-18(31)13-3-1-4-15(8-13)29(32)33)26-20(34)27-9-12-7-14(11-27)16-5-2-6-17(30)28(16)10-12/h1-6,8,12,14,19,32H,7,9-11H2,(H,25,31)(H,26,34)/q-1/t12-,14-,19?/m0/s1. The number of nitrogens with zero attached hydrogens (tertiary/aromatic N) is 3. The fourth-order valence-electron chi connectivity index (χ4n) is 4.46. The number of aromatic nitrogens is 1. The summed E-state index contributed by atoms with van der Waals surface area (Å²) in [4.78, 5) is 26.9. The van der Waals surface area contributed by atoms with Crippen LogP contribution in [0.2, 0.25) is 0 Å². The van der Waals surface area contributed by atoms with Gasteiger partial charge in [0.2, 0.25) is 3.79 Å². The maximum atomic E-state index is 12.7. The van der Waals surface area contributed by atoms with Gasteiger partial charge in [0.25, 0.3) is 11.5 Å². The molecule has 1 aromatic heterocycles. The lowest BCUT2D eigenvalue weighted by atomic mass is 9.83. The van der Waals surface area contributed by atoms with Crippen molar-refractivity contribution in [1.29, 1.82) is 0 Å². The topological polar surface area (TPSA) is 113 Å². The van der Waals surface area contributed by atoms with Crippen molar-refractivity contribution in [2.75, 3.05) is 18.3 Å². The average Bonchev–Trinajstić information content (AvgIpc) is 2.78. The molecule has 182 valence electrons. The summed E-state index contributed by atoms with van der Waals surface area (Å²) in [6, 6.07) is 10.7. The molecule has 3 atom stereocenters. The molecule has 9 nitrogen and oxygen atoms in total. The van der Waals surface area contributed by atoms with Crippen molar-refractivity contribution >= 4 is 63.7 Å². The average molecular weight is 546 g/mol. The van der Waals surface area contributed by atoms with Gasteiger partial charge in [-0.15, -0.1) is 0 Å². The van der Waals surface area contributed by atoms with Gasteiger partial charge >= 0.3 is 0 Å². The number of hydrogen-bond donors (Lipinski definition) is 3. The third-order valence-corrected chi connectivity index (χ3v) is 7.00. The number of likely N-dealkylation sites (tertiary alicyclic amines) is 1. The quantitative estimate of drug-likeness (QED) is 0.233. The van der Waals surface area contributed by atoms with E-state index in [0.717, 1.165) is 12.1 Å². The van der Waals surface area contributed by atoms with E-state index in [-0.39, 0.29) is 33.9 Å².